The number of rotatable bonds is 5. The predicted octanol–water partition coefficient (Wildman–Crippen LogP) is -0.120. The number of urea groups is 1. The smallest absolute Gasteiger partial charge is 0.325 e. The molecule has 2 heterocycles. The number of nitrogens with one attached hydrogen (secondary N) is 3. The fraction of sp³-hybridized carbons (Fsp3) is 0.500. The summed E-state index contributed by atoms with van der Waals surface area (Å²) in [6.07, 6.45) is -0.503. The quantitative estimate of drug-likeness (QED) is 0.519. The summed E-state index contributed by atoms with van der Waals surface area (Å²) in [5.41, 5.74) is 0.537. The molecule has 9 heteroatoms. The summed E-state index contributed by atoms with van der Waals surface area (Å²) in [7, 11) is 0. The summed E-state index contributed by atoms with van der Waals surface area (Å²) in [4.78, 5) is 38.1. The van der Waals surface area contributed by atoms with Crippen molar-refractivity contribution in [3.05, 3.63) is 35.4 Å². The van der Waals surface area contributed by atoms with Gasteiger partial charge in [-0.3, -0.25) is 14.5 Å². The van der Waals surface area contributed by atoms with Crippen molar-refractivity contribution in [1.82, 2.24) is 20.9 Å². The Morgan fingerprint density at radius 2 is 1.96 bits per heavy atom. The van der Waals surface area contributed by atoms with E-state index in [4.69, 9.17) is 0 Å². The first-order chi connectivity index (χ1) is 12.3. The minimum Gasteiger partial charge on any atom is -0.391 e. The summed E-state index contributed by atoms with van der Waals surface area (Å²) in [6.45, 7) is 4.65. The van der Waals surface area contributed by atoms with E-state index in [1.54, 1.807) is 19.1 Å². The minimum absolute atomic E-state index is 0. The van der Waals surface area contributed by atoms with Crippen LogP contribution in [-0.2, 0) is 15.1 Å². The van der Waals surface area contributed by atoms with Crippen LogP contribution in [0.3, 0.4) is 0 Å². The Hall–Kier alpha value is -2.16. The van der Waals surface area contributed by atoms with Crippen molar-refractivity contribution in [2.75, 3.05) is 26.2 Å². The first-order valence-corrected chi connectivity index (χ1v) is 8.68. The summed E-state index contributed by atoms with van der Waals surface area (Å²) in [6, 6.07) is 6.75. The highest BCUT2D eigenvalue weighted by Crippen LogP contribution is 2.28. The molecule has 2 fully saturated rings. The molecule has 1 aromatic carbocycles. The molecule has 3 rings (SSSR count). The van der Waals surface area contributed by atoms with Crippen LogP contribution in [0.15, 0.2) is 24.3 Å². The van der Waals surface area contributed by atoms with Crippen molar-refractivity contribution >= 4 is 30.3 Å². The highest BCUT2D eigenvalue weighted by molar-refractivity contribution is 6.09. The topological polar surface area (TPSA) is 111 Å². The van der Waals surface area contributed by atoms with Crippen LogP contribution in [0.4, 0.5) is 4.79 Å². The standard InChI is InChI=1S/C18H24N4O4.ClH/c1-11-3-5-13(6-4-11)18(2)16(25)22(17(26)21-18)10-15(24)20-8-12-7-19-9-14(12)23;/h3-6,12,14,19,23H,7-10H2,1-2H3,(H,20,24)(H,21,26);1H. The Bertz CT molecular complexity index is 727. The number of amides is 4. The van der Waals surface area contributed by atoms with E-state index >= 15 is 0 Å². The van der Waals surface area contributed by atoms with Gasteiger partial charge in [0.15, 0.2) is 0 Å². The molecular weight excluding hydrogens is 372 g/mol. The summed E-state index contributed by atoms with van der Waals surface area (Å²) in [5.74, 6) is -0.954. The molecule has 0 aliphatic carbocycles. The van der Waals surface area contributed by atoms with E-state index in [9.17, 15) is 19.5 Å². The van der Waals surface area contributed by atoms with Crippen LogP contribution < -0.4 is 16.0 Å². The van der Waals surface area contributed by atoms with Gasteiger partial charge in [-0.15, -0.1) is 12.4 Å². The van der Waals surface area contributed by atoms with Gasteiger partial charge < -0.3 is 21.1 Å². The first-order valence-electron chi connectivity index (χ1n) is 8.68. The molecule has 4 amide bonds. The molecule has 8 nitrogen and oxygen atoms in total. The normalized spacial score (nSPS) is 27.3. The van der Waals surface area contributed by atoms with Crippen LogP contribution in [0.2, 0.25) is 0 Å². The van der Waals surface area contributed by atoms with E-state index in [1.165, 1.54) is 0 Å². The van der Waals surface area contributed by atoms with Gasteiger partial charge in [0.1, 0.15) is 12.1 Å². The fourth-order valence-corrected chi connectivity index (χ4v) is 3.30. The Morgan fingerprint density at radius 1 is 1.30 bits per heavy atom. The average Bonchev–Trinajstić information content (AvgIpc) is 3.10. The number of β-amino-alcohol motifs (C(OH)–C–C–N with tert-alkyl or cyclic N) is 1. The number of hydrogen-bond donors (Lipinski definition) is 4. The highest BCUT2D eigenvalue weighted by atomic mass is 35.5. The summed E-state index contributed by atoms with van der Waals surface area (Å²) < 4.78 is 0. The average molecular weight is 397 g/mol. The second-order valence-corrected chi connectivity index (χ2v) is 7.10. The van der Waals surface area contributed by atoms with Gasteiger partial charge in [0, 0.05) is 25.6 Å². The molecule has 0 bridgehead atoms. The lowest BCUT2D eigenvalue weighted by Crippen LogP contribution is -2.44. The van der Waals surface area contributed by atoms with E-state index in [2.05, 4.69) is 16.0 Å². The SMILES string of the molecule is Cc1ccc(C2(C)NC(=O)N(CC(=O)NCC3CNCC3O)C2=O)cc1.Cl. The largest absolute Gasteiger partial charge is 0.391 e. The lowest BCUT2D eigenvalue weighted by Gasteiger charge is -2.22. The summed E-state index contributed by atoms with van der Waals surface area (Å²) >= 11 is 0. The maximum absolute atomic E-state index is 12.8. The molecule has 4 N–H and O–H groups in total. The van der Waals surface area contributed by atoms with Crippen LogP contribution in [0.5, 0.6) is 0 Å². The van der Waals surface area contributed by atoms with Crippen LogP contribution in [0, 0.1) is 12.8 Å². The highest BCUT2D eigenvalue weighted by Gasteiger charge is 2.49. The molecule has 0 saturated carbocycles. The van der Waals surface area contributed by atoms with E-state index in [0.29, 0.717) is 25.2 Å². The Labute approximate surface area is 164 Å². The number of carbonyl (C=O) groups is 3. The van der Waals surface area contributed by atoms with Crippen molar-refractivity contribution in [3.63, 3.8) is 0 Å². The zero-order valence-corrected chi connectivity index (χ0v) is 16.1. The van der Waals surface area contributed by atoms with Crippen LogP contribution >= 0.6 is 12.4 Å². The monoisotopic (exact) mass is 396 g/mol. The third-order valence-corrected chi connectivity index (χ3v) is 5.07. The van der Waals surface area contributed by atoms with E-state index in [1.807, 2.05) is 19.1 Å². The number of aryl methyl sites for hydroxylation is 1. The molecule has 0 aromatic heterocycles. The zero-order valence-electron chi connectivity index (χ0n) is 15.3. The molecule has 2 aliphatic heterocycles. The van der Waals surface area contributed by atoms with Crippen LogP contribution in [0.1, 0.15) is 18.1 Å². The van der Waals surface area contributed by atoms with Crippen molar-refractivity contribution < 1.29 is 19.5 Å². The Balaban J connectivity index is 0.00000261. The van der Waals surface area contributed by atoms with Gasteiger partial charge in [-0.25, -0.2) is 4.79 Å². The Kier molecular flexibility index (Phi) is 6.46. The molecule has 2 saturated heterocycles. The number of halogens is 1. The van der Waals surface area contributed by atoms with Crippen LogP contribution in [0.25, 0.3) is 0 Å². The number of hydrogen-bond acceptors (Lipinski definition) is 5. The number of benzene rings is 1. The molecule has 3 unspecified atom stereocenters. The van der Waals surface area contributed by atoms with Crippen molar-refractivity contribution in [1.29, 1.82) is 0 Å². The van der Waals surface area contributed by atoms with Gasteiger partial charge >= 0.3 is 6.03 Å². The van der Waals surface area contributed by atoms with Crippen molar-refractivity contribution in [2.24, 2.45) is 5.92 Å². The third kappa shape index (κ3) is 4.23. The molecule has 27 heavy (non-hydrogen) atoms. The lowest BCUT2D eigenvalue weighted by atomic mass is 9.91. The number of aliphatic hydroxyl groups is 1. The molecule has 2 aliphatic rings. The number of imide groups is 1. The van der Waals surface area contributed by atoms with Gasteiger partial charge in [0.2, 0.25) is 5.91 Å². The van der Waals surface area contributed by atoms with Gasteiger partial charge in [-0.05, 0) is 19.4 Å². The molecule has 148 valence electrons. The molecule has 0 spiro atoms. The van der Waals surface area contributed by atoms with E-state index in [0.717, 1.165) is 10.5 Å². The maximum Gasteiger partial charge on any atom is 0.325 e. The van der Waals surface area contributed by atoms with Crippen LogP contribution in [-0.4, -0.2) is 60.1 Å². The lowest BCUT2D eigenvalue weighted by molar-refractivity contribution is -0.134. The maximum atomic E-state index is 12.8. The third-order valence-electron chi connectivity index (χ3n) is 5.07. The second-order valence-electron chi connectivity index (χ2n) is 7.10. The van der Waals surface area contributed by atoms with E-state index in [-0.39, 0.29) is 24.9 Å². The molecular formula is C18H25ClN4O4. The number of carbonyl (C=O) groups excluding carboxylic acids is 3. The van der Waals surface area contributed by atoms with E-state index < -0.39 is 29.5 Å². The van der Waals surface area contributed by atoms with Crippen molar-refractivity contribution in [2.45, 2.75) is 25.5 Å². The molecule has 3 atom stereocenters. The van der Waals surface area contributed by atoms with Gasteiger partial charge in [-0.1, -0.05) is 29.8 Å². The summed E-state index contributed by atoms with van der Waals surface area (Å²) in [5, 5.41) is 18.1. The first kappa shape index (κ1) is 21.1. The molecule has 0 radical (unpaired) electrons. The Morgan fingerprint density at radius 3 is 2.56 bits per heavy atom. The molecule has 1 aromatic rings. The number of nitrogens with zero attached hydrogens (tertiary/aromatic N) is 1. The number of aliphatic hydroxyl groups excluding tert-OH is 1. The van der Waals surface area contributed by atoms with Gasteiger partial charge in [0.05, 0.1) is 6.10 Å². The predicted molar refractivity (Wildman–Crippen MR) is 101 cm³/mol. The van der Waals surface area contributed by atoms with Crippen molar-refractivity contribution in [3.8, 4) is 0 Å². The van der Waals surface area contributed by atoms with Gasteiger partial charge in [0.25, 0.3) is 5.91 Å². The fourth-order valence-electron chi connectivity index (χ4n) is 3.30. The second kappa shape index (κ2) is 8.24. The zero-order chi connectivity index (χ0) is 18.9. The van der Waals surface area contributed by atoms with Gasteiger partial charge in [-0.2, -0.15) is 0 Å². The minimum atomic E-state index is -1.18.